The largest absolute Gasteiger partial charge is 0.506 e. The number of nitrogens with one attached hydrogen (secondary N) is 1. The summed E-state index contributed by atoms with van der Waals surface area (Å²) in [5.74, 6) is 0.112. The molecule has 23 heavy (non-hydrogen) atoms. The van der Waals surface area contributed by atoms with Crippen LogP contribution in [0.25, 0.3) is 0 Å². The third-order valence-corrected chi connectivity index (χ3v) is 4.03. The predicted molar refractivity (Wildman–Crippen MR) is 90.8 cm³/mol. The predicted octanol–water partition coefficient (Wildman–Crippen LogP) is 3.53. The summed E-state index contributed by atoms with van der Waals surface area (Å²) in [5.41, 5.74) is 0.274. The number of benzene rings is 1. The second-order valence-electron chi connectivity index (χ2n) is 6.89. The quantitative estimate of drug-likeness (QED) is 0.883. The fourth-order valence-electron chi connectivity index (χ4n) is 2.59. The van der Waals surface area contributed by atoms with Crippen molar-refractivity contribution in [2.24, 2.45) is 0 Å². The van der Waals surface area contributed by atoms with Gasteiger partial charge in [-0.3, -0.25) is 0 Å². The number of hydrogen-bond acceptors (Lipinski definition) is 4. The number of carbonyl (C=O) groups is 1. The van der Waals surface area contributed by atoms with E-state index in [2.05, 4.69) is 5.32 Å². The number of hydrogen-bond donors (Lipinski definition) is 2. The van der Waals surface area contributed by atoms with E-state index in [1.54, 1.807) is 11.0 Å². The van der Waals surface area contributed by atoms with Gasteiger partial charge in [-0.05, 0) is 39.7 Å². The highest BCUT2D eigenvalue weighted by atomic mass is 35.5. The lowest BCUT2D eigenvalue weighted by Gasteiger charge is -2.34. The van der Waals surface area contributed by atoms with Crippen LogP contribution in [-0.2, 0) is 11.3 Å². The van der Waals surface area contributed by atoms with Gasteiger partial charge in [0.05, 0.1) is 5.02 Å². The first-order valence-corrected chi connectivity index (χ1v) is 8.32. The molecule has 6 heteroatoms. The molecule has 0 radical (unpaired) electrons. The molecular weight excluding hydrogens is 316 g/mol. The number of ether oxygens (including phenoxy) is 1. The van der Waals surface area contributed by atoms with Gasteiger partial charge >= 0.3 is 6.09 Å². The Kier molecular flexibility index (Phi) is 5.76. The fourth-order valence-corrected chi connectivity index (χ4v) is 2.79. The Balaban J connectivity index is 1.89. The van der Waals surface area contributed by atoms with E-state index in [9.17, 15) is 9.90 Å². The van der Waals surface area contributed by atoms with Crippen LogP contribution in [0, 0.1) is 0 Å². The number of halogens is 1. The number of aromatic hydroxyl groups is 1. The number of amides is 1. The molecule has 1 atom stereocenters. The summed E-state index contributed by atoms with van der Waals surface area (Å²) in [7, 11) is 0. The van der Waals surface area contributed by atoms with Crippen molar-refractivity contribution in [2.75, 3.05) is 13.1 Å². The lowest BCUT2D eigenvalue weighted by molar-refractivity contribution is 0.0187. The van der Waals surface area contributed by atoms with Crippen LogP contribution in [0.3, 0.4) is 0 Å². The molecule has 0 aromatic heterocycles. The highest BCUT2D eigenvalue weighted by Gasteiger charge is 2.27. The van der Waals surface area contributed by atoms with E-state index >= 15 is 0 Å². The molecule has 1 aliphatic heterocycles. The summed E-state index contributed by atoms with van der Waals surface area (Å²) < 4.78 is 5.42. The molecule has 128 valence electrons. The van der Waals surface area contributed by atoms with Crippen molar-refractivity contribution in [3.05, 3.63) is 28.8 Å². The summed E-state index contributed by atoms with van der Waals surface area (Å²) >= 11 is 5.91. The zero-order chi connectivity index (χ0) is 17.0. The number of carbonyl (C=O) groups excluding carboxylic acids is 1. The molecule has 0 bridgehead atoms. The van der Waals surface area contributed by atoms with E-state index in [0.29, 0.717) is 18.1 Å². The van der Waals surface area contributed by atoms with E-state index in [1.807, 2.05) is 32.9 Å². The third-order valence-electron chi connectivity index (χ3n) is 3.72. The van der Waals surface area contributed by atoms with Crippen LogP contribution in [0.2, 0.25) is 5.02 Å². The van der Waals surface area contributed by atoms with Crippen LogP contribution in [0.4, 0.5) is 4.79 Å². The maximum Gasteiger partial charge on any atom is 0.410 e. The summed E-state index contributed by atoms with van der Waals surface area (Å²) in [6.45, 7) is 7.44. The van der Waals surface area contributed by atoms with Crippen LogP contribution in [0.5, 0.6) is 5.75 Å². The van der Waals surface area contributed by atoms with E-state index in [1.165, 1.54) is 0 Å². The average molecular weight is 341 g/mol. The number of likely N-dealkylation sites (tertiary alicyclic amines) is 1. The van der Waals surface area contributed by atoms with Gasteiger partial charge in [-0.2, -0.15) is 0 Å². The summed E-state index contributed by atoms with van der Waals surface area (Å²) in [6, 6.07) is 5.48. The molecule has 5 nitrogen and oxygen atoms in total. The van der Waals surface area contributed by atoms with Crippen molar-refractivity contribution in [3.8, 4) is 5.75 Å². The van der Waals surface area contributed by atoms with E-state index in [-0.39, 0.29) is 17.9 Å². The van der Waals surface area contributed by atoms with Crippen LogP contribution >= 0.6 is 11.6 Å². The molecule has 1 aromatic rings. The Hall–Kier alpha value is -1.46. The summed E-state index contributed by atoms with van der Waals surface area (Å²) in [6.07, 6.45) is 1.65. The lowest BCUT2D eigenvalue weighted by Crippen LogP contribution is -2.49. The Morgan fingerprint density at radius 2 is 2.22 bits per heavy atom. The van der Waals surface area contributed by atoms with Crippen molar-refractivity contribution in [3.63, 3.8) is 0 Å². The highest BCUT2D eigenvalue weighted by molar-refractivity contribution is 6.32. The first kappa shape index (κ1) is 17.9. The van der Waals surface area contributed by atoms with Crippen molar-refractivity contribution >= 4 is 17.7 Å². The molecule has 2 N–H and O–H groups in total. The van der Waals surface area contributed by atoms with Gasteiger partial charge in [0, 0.05) is 31.2 Å². The number of para-hydroxylation sites is 1. The SMILES string of the molecule is CC(C)(C)OC(=O)N1CCCC(NCc2cccc(Cl)c2O)C1. The van der Waals surface area contributed by atoms with Crippen LogP contribution in [0.15, 0.2) is 18.2 Å². The molecule has 1 saturated heterocycles. The molecule has 1 fully saturated rings. The van der Waals surface area contributed by atoms with Crippen LogP contribution in [-0.4, -0.2) is 40.8 Å². The van der Waals surface area contributed by atoms with Gasteiger partial charge in [0.25, 0.3) is 0 Å². The number of rotatable bonds is 3. The molecule has 1 amide bonds. The first-order valence-electron chi connectivity index (χ1n) is 7.94. The normalized spacial score (nSPS) is 18.8. The van der Waals surface area contributed by atoms with E-state index < -0.39 is 5.60 Å². The Morgan fingerprint density at radius 3 is 2.91 bits per heavy atom. The maximum atomic E-state index is 12.2. The molecule has 0 aliphatic carbocycles. The van der Waals surface area contributed by atoms with Crippen molar-refractivity contribution in [1.29, 1.82) is 0 Å². The standard InChI is InChI=1S/C17H25ClN2O3/c1-17(2,3)23-16(22)20-9-5-7-13(11-20)19-10-12-6-4-8-14(18)15(12)21/h4,6,8,13,19,21H,5,7,9-11H2,1-3H3. The van der Waals surface area contributed by atoms with Crippen molar-refractivity contribution in [1.82, 2.24) is 10.2 Å². The molecule has 1 unspecified atom stereocenters. The number of phenolic OH excluding ortho intramolecular Hbond substituents is 1. The molecular formula is C17H25ClN2O3. The zero-order valence-corrected chi connectivity index (χ0v) is 14.7. The Labute approximate surface area is 142 Å². The minimum absolute atomic E-state index is 0.112. The van der Waals surface area contributed by atoms with Gasteiger partial charge in [-0.25, -0.2) is 4.79 Å². The molecule has 0 spiro atoms. The van der Waals surface area contributed by atoms with Gasteiger partial charge in [0.1, 0.15) is 11.4 Å². The first-order chi connectivity index (χ1) is 10.8. The van der Waals surface area contributed by atoms with Gasteiger partial charge in [0.2, 0.25) is 0 Å². The molecule has 1 aromatic carbocycles. The van der Waals surface area contributed by atoms with Gasteiger partial charge in [-0.1, -0.05) is 23.7 Å². The maximum absolute atomic E-state index is 12.2. The molecule has 1 heterocycles. The van der Waals surface area contributed by atoms with Crippen LogP contribution in [0.1, 0.15) is 39.2 Å². The number of phenols is 1. The van der Waals surface area contributed by atoms with E-state index in [0.717, 1.165) is 24.9 Å². The fraction of sp³-hybridized carbons (Fsp3) is 0.588. The highest BCUT2D eigenvalue weighted by Crippen LogP contribution is 2.27. The summed E-state index contributed by atoms with van der Waals surface area (Å²) in [5, 5.41) is 13.7. The third kappa shape index (κ3) is 5.29. The van der Waals surface area contributed by atoms with Gasteiger partial charge in [-0.15, -0.1) is 0 Å². The monoisotopic (exact) mass is 340 g/mol. The molecule has 2 rings (SSSR count). The average Bonchev–Trinajstić information content (AvgIpc) is 2.47. The Bertz CT molecular complexity index is 557. The molecule has 1 aliphatic rings. The van der Waals surface area contributed by atoms with E-state index in [4.69, 9.17) is 16.3 Å². The lowest BCUT2D eigenvalue weighted by atomic mass is 10.1. The molecule has 0 saturated carbocycles. The van der Waals surface area contributed by atoms with Gasteiger partial charge < -0.3 is 20.1 Å². The number of piperidine rings is 1. The van der Waals surface area contributed by atoms with Gasteiger partial charge in [0.15, 0.2) is 0 Å². The second kappa shape index (κ2) is 7.41. The smallest absolute Gasteiger partial charge is 0.410 e. The second-order valence-corrected chi connectivity index (χ2v) is 7.30. The van der Waals surface area contributed by atoms with Crippen molar-refractivity contribution in [2.45, 2.75) is 51.8 Å². The summed E-state index contributed by atoms with van der Waals surface area (Å²) in [4.78, 5) is 13.9. The van der Waals surface area contributed by atoms with Crippen LogP contribution < -0.4 is 5.32 Å². The minimum atomic E-state index is -0.482. The number of nitrogens with zero attached hydrogens (tertiary/aromatic N) is 1. The Morgan fingerprint density at radius 1 is 1.48 bits per heavy atom. The van der Waals surface area contributed by atoms with Crippen molar-refractivity contribution < 1.29 is 14.6 Å². The topological polar surface area (TPSA) is 61.8 Å². The minimum Gasteiger partial charge on any atom is -0.506 e. The zero-order valence-electron chi connectivity index (χ0n) is 13.9.